The van der Waals surface area contributed by atoms with Crippen LogP contribution in [0.5, 0.6) is 5.75 Å². The monoisotopic (exact) mass is 227 g/mol. The van der Waals surface area contributed by atoms with Crippen molar-refractivity contribution < 1.29 is 9.53 Å². The van der Waals surface area contributed by atoms with E-state index < -0.39 is 0 Å². The van der Waals surface area contributed by atoms with Crippen LogP contribution in [-0.4, -0.2) is 18.4 Å². The fraction of sp³-hybridized carbons (Fsp3) is 0.143. The highest BCUT2D eigenvalue weighted by Crippen LogP contribution is 2.27. The number of aryl methyl sites for hydroxylation is 1. The van der Waals surface area contributed by atoms with E-state index in [1.165, 1.54) is 0 Å². The fourth-order valence-electron chi connectivity index (χ4n) is 1.72. The Morgan fingerprint density at radius 2 is 2.06 bits per heavy atom. The third kappa shape index (κ3) is 2.33. The Morgan fingerprint density at radius 1 is 1.24 bits per heavy atom. The predicted octanol–water partition coefficient (Wildman–Crippen LogP) is 2.88. The van der Waals surface area contributed by atoms with Crippen LogP contribution in [0.2, 0.25) is 0 Å². The lowest BCUT2D eigenvalue weighted by molar-refractivity contribution is 0.112. The zero-order valence-corrected chi connectivity index (χ0v) is 9.81. The molecule has 1 aromatic heterocycles. The highest BCUT2D eigenvalue weighted by atomic mass is 16.5. The molecule has 1 aromatic carbocycles. The zero-order valence-electron chi connectivity index (χ0n) is 9.81. The molecular weight excluding hydrogens is 214 g/mol. The van der Waals surface area contributed by atoms with Crippen molar-refractivity contribution in [3.8, 4) is 16.9 Å². The number of pyridine rings is 1. The molecule has 0 saturated heterocycles. The first-order valence-corrected chi connectivity index (χ1v) is 5.30. The smallest absolute Gasteiger partial charge is 0.150 e. The van der Waals surface area contributed by atoms with Crippen LogP contribution in [-0.2, 0) is 0 Å². The Morgan fingerprint density at radius 3 is 2.71 bits per heavy atom. The van der Waals surface area contributed by atoms with Gasteiger partial charge in [0.05, 0.1) is 7.11 Å². The summed E-state index contributed by atoms with van der Waals surface area (Å²) in [6.07, 6.45) is 4.37. The lowest BCUT2D eigenvalue weighted by atomic mass is 10.0. The zero-order chi connectivity index (χ0) is 12.3. The number of hydrogen-bond acceptors (Lipinski definition) is 3. The van der Waals surface area contributed by atoms with E-state index in [4.69, 9.17) is 4.74 Å². The minimum absolute atomic E-state index is 0.637. The standard InChI is InChI=1S/C14H13NO2/c1-10-5-12(8-15-7-10)14-6-13(17-2)4-3-11(14)9-16/h3-9H,1-2H3. The summed E-state index contributed by atoms with van der Waals surface area (Å²) < 4.78 is 5.17. The number of ether oxygens (including phenoxy) is 1. The van der Waals surface area contributed by atoms with Crippen LogP contribution in [0.15, 0.2) is 36.7 Å². The van der Waals surface area contributed by atoms with Gasteiger partial charge in [-0.05, 0) is 42.3 Å². The third-order valence-corrected chi connectivity index (χ3v) is 2.57. The van der Waals surface area contributed by atoms with Crippen molar-refractivity contribution in [2.75, 3.05) is 7.11 Å². The average Bonchev–Trinajstić information content (AvgIpc) is 2.38. The summed E-state index contributed by atoms with van der Waals surface area (Å²) in [5.41, 5.74) is 3.46. The third-order valence-electron chi connectivity index (χ3n) is 2.57. The highest BCUT2D eigenvalue weighted by Gasteiger charge is 2.06. The van der Waals surface area contributed by atoms with E-state index in [0.717, 1.165) is 28.7 Å². The summed E-state index contributed by atoms with van der Waals surface area (Å²) in [5, 5.41) is 0. The molecule has 3 heteroatoms. The van der Waals surface area contributed by atoms with Gasteiger partial charge in [-0.25, -0.2) is 0 Å². The number of rotatable bonds is 3. The van der Waals surface area contributed by atoms with Crippen molar-refractivity contribution in [3.63, 3.8) is 0 Å². The van der Waals surface area contributed by atoms with Gasteiger partial charge >= 0.3 is 0 Å². The number of carbonyl (C=O) groups is 1. The van der Waals surface area contributed by atoms with Crippen molar-refractivity contribution in [2.24, 2.45) is 0 Å². The van der Waals surface area contributed by atoms with Crippen LogP contribution in [0.3, 0.4) is 0 Å². The van der Waals surface area contributed by atoms with Gasteiger partial charge in [-0.1, -0.05) is 0 Å². The van der Waals surface area contributed by atoms with Gasteiger partial charge in [-0.3, -0.25) is 9.78 Å². The molecule has 0 aliphatic heterocycles. The summed E-state index contributed by atoms with van der Waals surface area (Å²) >= 11 is 0. The Balaban J connectivity index is 2.59. The minimum atomic E-state index is 0.637. The van der Waals surface area contributed by atoms with Gasteiger partial charge in [-0.15, -0.1) is 0 Å². The second-order valence-corrected chi connectivity index (χ2v) is 3.82. The predicted molar refractivity (Wildman–Crippen MR) is 66.3 cm³/mol. The molecule has 1 heterocycles. The van der Waals surface area contributed by atoms with Gasteiger partial charge in [0, 0.05) is 23.5 Å². The Labute approximate surface area is 100 Å². The molecule has 3 nitrogen and oxygen atoms in total. The Bertz CT molecular complexity index is 550. The van der Waals surface area contributed by atoms with Gasteiger partial charge in [-0.2, -0.15) is 0 Å². The van der Waals surface area contributed by atoms with E-state index >= 15 is 0 Å². The van der Waals surface area contributed by atoms with Gasteiger partial charge in [0.25, 0.3) is 0 Å². The first-order chi connectivity index (χ1) is 8.24. The summed E-state index contributed by atoms with van der Waals surface area (Å²) in [5.74, 6) is 0.729. The maximum absolute atomic E-state index is 11.0. The molecule has 0 radical (unpaired) electrons. The van der Waals surface area contributed by atoms with Crippen LogP contribution >= 0.6 is 0 Å². The Hall–Kier alpha value is -2.16. The number of benzene rings is 1. The number of hydrogen-bond donors (Lipinski definition) is 0. The van der Waals surface area contributed by atoms with E-state index in [0.29, 0.717) is 5.56 Å². The van der Waals surface area contributed by atoms with E-state index in [1.807, 2.05) is 19.1 Å². The first-order valence-electron chi connectivity index (χ1n) is 5.30. The largest absolute Gasteiger partial charge is 0.497 e. The Kier molecular flexibility index (Phi) is 3.19. The summed E-state index contributed by atoms with van der Waals surface area (Å²) in [7, 11) is 1.61. The summed E-state index contributed by atoms with van der Waals surface area (Å²) in [6, 6.07) is 7.37. The van der Waals surface area contributed by atoms with Crippen molar-refractivity contribution >= 4 is 6.29 Å². The lowest BCUT2D eigenvalue weighted by Gasteiger charge is -2.08. The van der Waals surface area contributed by atoms with E-state index in [1.54, 1.807) is 31.6 Å². The quantitative estimate of drug-likeness (QED) is 0.757. The fourth-order valence-corrected chi connectivity index (χ4v) is 1.72. The molecule has 0 unspecified atom stereocenters. The van der Waals surface area contributed by atoms with Gasteiger partial charge in [0.2, 0.25) is 0 Å². The number of aromatic nitrogens is 1. The maximum Gasteiger partial charge on any atom is 0.150 e. The molecule has 2 rings (SSSR count). The van der Waals surface area contributed by atoms with Gasteiger partial charge in [0.1, 0.15) is 5.75 Å². The molecule has 0 spiro atoms. The lowest BCUT2D eigenvalue weighted by Crippen LogP contribution is -1.91. The molecule has 0 bridgehead atoms. The summed E-state index contributed by atoms with van der Waals surface area (Å²) in [6.45, 7) is 1.97. The number of aldehydes is 1. The van der Waals surface area contributed by atoms with E-state index in [9.17, 15) is 4.79 Å². The second-order valence-electron chi connectivity index (χ2n) is 3.82. The topological polar surface area (TPSA) is 39.2 Å². The van der Waals surface area contributed by atoms with Crippen molar-refractivity contribution in [3.05, 3.63) is 47.8 Å². The molecule has 0 saturated carbocycles. The molecule has 0 aliphatic rings. The molecular formula is C14H13NO2. The van der Waals surface area contributed by atoms with Crippen LogP contribution in [0.4, 0.5) is 0 Å². The van der Waals surface area contributed by atoms with Crippen LogP contribution in [0.25, 0.3) is 11.1 Å². The van der Waals surface area contributed by atoms with Crippen molar-refractivity contribution in [1.82, 2.24) is 4.98 Å². The van der Waals surface area contributed by atoms with Crippen LogP contribution in [0, 0.1) is 6.92 Å². The van der Waals surface area contributed by atoms with Crippen molar-refractivity contribution in [1.29, 1.82) is 0 Å². The molecule has 0 N–H and O–H groups in total. The average molecular weight is 227 g/mol. The molecule has 0 fully saturated rings. The molecule has 2 aromatic rings. The minimum Gasteiger partial charge on any atom is -0.497 e. The number of methoxy groups -OCH3 is 1. The molecule has 0 amide bonds. The molecule has 0 aliphatic carbocycles. The normalized spacial score (nSPS) is 10.0. The van der Waals surface area contributed by atoms with Crippen LogP contribution < -0.4 is 4.74 Å². The molecule has 17 heavy (non-hydrogen) atoms. The molecule has 86 valence electrons. The first kappa shape index (κ1) is 11.3. The van der Waals surface area contributed by atoms with Crippen molar-refractivity contribution in [2.45, 2.75) is 6.92 Å². The SMILES string of the molecule is COc1ccc(C=O)c(-c2cncc(C)c2)c1. The highest BCUT2D eigenvalue weighted by molar-refractivity contribution is 5.88. The second kappa shape index (κ2) is 4.78. The van der Waals surface area contributed by atoms with Gasteiger partial charge < -0.3 is 4.74 Å². The maximum atomic E-state index is 11.0. The van der Waals surface area contributed by atoms with Gasteiger partial charge in [0.15, 0.2) is 6.29 Å². The molecule has 0 atom stereocenters. The van der Waals surface area contributed by atoms with E-state index in [-0.39, 0.29) is 0 Å². The number of carbonyl (C=O) groups excluding carboxylic acids is 1. The van der Waals surface area contributed by atoms with E-state index in [2.05, 4.69) is 4.98 Å². The summed E-state index contributed by atoms with van der Waals surface area (Å²) in [4.78, 5) is 15.2. The number of nitrogens with zero attached hydrogens (tertiary/aromatic N) is 1. The van der Waals surface area contributed by atoms with Crippen LogP contribution in [0.1, 0.15) is 15.9 Å².